The smallest absolute Gasteiger partial charge is 0.223 e. The van der Waals surface area contributed by atoms with Gasteiger partial charge in [-0.15, -0.1) is 0 Å². The minimum Gasteiger partial charge on any atom is -0.337 e. The van der Waals surface area contributed by atoms with Gasteiger partial charge < -0.3 is 4.84 Å². The van der Waals surface area contributed by atoms with Crippen molar-refractivity contribution in [2.24, 2.45) is 5.16 Å². The molecule has 0 atom stereocenters. The minimum atomic E-state index is 0.620. The summed E-state index contributed by atoms with van der Waals surface area (Å²) in [5.41, 5.74) is 0. The SMILES string of the molecule is C=C1ON=C(C)N1CC. The van der Waals surface area contributed by atoms with Crippen LogP contribution >= 0.6 is 0 Å². The average Bonchev–Trinajstić information content (AvgIpc) is 2.12. The predicted molar refractivity (Wildman–Crippen MR) is 35.7 cm³/mol. The van der Waals surface area contributed by atoms with Gasteiger partial charge in [-0.05, 0) is 20.4 Å². The molecule has 0 N–H and O–H groups in total. The van der Waals surface area contributed by atoms with Crippen molar-refractivity contribution in [1.82, 2.24) is 4.90 Å². The molecule has 0 spiro atoms. The number of nitrogens with zero attached hydrogens (tertiary/aromatic N) is 2. The second kappa shape index (κ2) is 2.09. The maximum absolute atomic E-state index is 4.79. The van der Waals surface area contributed by atoms with Crippen LogP contribution in [0.1, 0.15) is 13.8 Å². The quantitative estimate of drug-likeness (QED) is 0.526. The van der Waals surface area contributed by atoms with E-state index in [-0.39, 0.29) is 0 Å². The summed E-state index contributed by atoms with van der Waals surface area (Å²) >= 11 is 0. The number of oxime groups is 1. The van der Waals surface area contributed by atoms with Gasteiger partial charge in [0, 0.05) is 6.54 Å². The van der Waals surface area contributed by atoms with E-state index >= 15 is 0 Å². The Morgan fingerprint density at radius 1 is 1.78 bits per heavy atom. The summed E-state index contributed by atoms with van der Waals surface area (Å²) < 4.78 is 0. The van der Waals surface area contributed by atoms with Gasteiger partial charge in [-0.1, -0.05) is 5.16 Å². The molecular formula is C6H10N2O. The highest BCUT2D eigenvalue weighted by Gasteiger charge is 2.16. The topological polar surface area (TPSA) is 24.8 Å². The Morgan fingerprint density at radius 3 is 2.67 bits per heavy atom. The van der Waals surface area contributed by atoms with Gasteiger partial charge in [0.25, 0.3) is 0 Å². The Bertz CT molecular complexity index is 162. The van der Waals surface area contributed by atoms with Crippen LogP contribution in [0.4, 0.5) is 0 Å². The first-order valence-corrected chi connectivity index (χ1v) is 2.93. The van der Waals surface area contributed by atoms with E-state index in [1.165, 1.54) is 0 Å². The molecule has 9 heavy (non-hydrogen) atoms. The van der Waals surface area contributed by atoms with E-state index in [0.717, 1.165) is 12.4 Å². The molecular weight excluding hydrogens is 116 g/mol. The van der Waals surface area contributed by atoms with E-state index in [9.17, 15) is 0 Å². The lowest BCUT2D eigenvalue weighted by molar-refractivity contribution is 0.201. The number of hydrogen-bond acceptors (Lipinski definition) is 3. The molecule has 3 nitrogen and oxygen atoms in total. The number of rotatable bonds is 1. The molecule has 0 fully saturated rings. The van der Waals surface area contributed by atoms with Crippen molar-refractivity contribution in [1.29, 1.82) is 0 Å². The maximum Gasteiger partial charge on any atom is 0.223 e. The predicted octanol–water partition coefficient (Wildman–Crippen LogP) is 1.14. The van der Waals surface area contributed by atoms with Crippen LogP contribution in [-0.4, -0.2) is 17.3 Å². The number of hydrogen-bond donors (Lipinski definition) is 0. The fourth-order valence-electron chi connectivity index (χ4n) is 0.803. The molecule has 0 radical (unpaired) electrons. The molecule has 0 aliphatic carbocycles. The van der Waals surface area contributed by atoms with Crippen LogP contribution in [0.2, 0.25) is 0 Å². The van der Waals surface area contributed by atoms with Crippen molar-refractivity contribution in [3.63, 3.8) is 0 Å². The highest BCUT2D eigenvalue weighted by molar-refractivity contribution is 5.81. The van der Waals surface area contributed by atoms with Crippen LogP contribution in [0.25, 0.3) is 0 Å². The first-order valence-electron chi connectivity index (χ1n) is 2.93. The second-order valence-corrected chi connectivity index (χ2v) is 1.87. The Morgan fingerprint density at radius 2 is 2.44 bits per heavy atom. The molecule has 0 aromatic rings. The molecule has 0 aromatic carbocycles. The monoisotopic (exact) mass is 126 g/mol. The normalized spacial score (nSPS) is 17.8. The third kappa shape index (κ3) is 0.896. The van der Waals surface area contributed by atoms with Crippen LogP contribution in [0, 0.1) is 0 Å². The van der Waals surface area contributed by atoms with Crippen LogP contribution in [0.3, 0.4) is 0 Å². The van der Waals surface area contributed by atoms with Gasteiger partial charge in [-0.2, -0.15) is 0 Å². The van der Waals surface area contributed by atoms with Crippen molar-refractivity contribution >= 4 is 5.84 Å². The van der Waals surface area contributed by atoms with Crippen LogP contribution < -0.4 is 0 Å². The third-order valence-corrected chi connectivity index (χ3v) is 1.29. The molecule has 0 bridgehead atoms. The molecule has 0 unspecified atom stereocenters. The third-order valence-electron chi connectivity index (χ3n) is 1.29. The average molecular weight is 126 g/mol. The summed E-state index contributed by atoms with van der Waals surface area (Å²) in [6.45, 7) is 8.43. The molecule has 0 saturated carbocycles. The molecule has 0 saturated heterocycles. The van der Waals surface area contributed by atoms with E-state index in [0.29, 0.717) is 5.88 Å². The second-order valence-electron chi connectivity index (χ2n) is 1.87. The summed E-state index contributed by atoms with van der Waals surface area (Å²) in [5, 5.41) is 3.71. The fraction of sp³-hybridized carbons (Fsp3) is 0.500. The van der Waals surface area contributed by atoms with E-state index < -0.39 is 0 Å². The Labute approximate surface area is 54.6 Å². The van der Waals surface area contributed by atoms with Gasteiger partial charge >= 0.3 is 0 Å². The van der Waals surface area contributed by atoms with Crippen molar-refractivity contribution in [3.8, 4) is 0 Å². The molecule has 3 heteroatoms. The van der Waals surface area contributed by atoms with Crippen LogP contribution in [-0.2, 0) is 4.84 Å². The zero-order valence-electron chi connectivity index (χ0n) is 5.72. The number of amidine groups is 1. The lowest BCUT2D eigenvalue weighted by atomic mass is 10.5. The molecule has 0 amide bonds. The standard InChI is InChI=1S/C6H10N2O/c1-4-8-5(2)7-9-6(8)3/h3-4H2,1-2H3. The summed E-state index contributed by atoms with van der Waals surface area (Å²) in [4.78, 5) is 6.69. The minimum absolute atomic E-state index is 0.620. The van der Waals surface area contributed by atoms with Gasteiger partial charge in [0.15, 0.2) is 0 Å². The maximum atomic E-state index is 4.79. The molecule has 1 aliphatic heterocycles. The first kappa shape index (κ1) is 6.13. The van der Waals surface area contributed by atoms with Crippen molar-refractivity contribution in [3.05, 3.63) is 12.5 Å². The largest absolute Gasteiger partial charge is 0.337 e. The lowest BCUT2D eigenvalue weighted by Gasteiger charge is -2.11. The van der Waals surface area contributed by atoms with Crippen molar-refractivity contribution < 1.29 is 4.84 Å². The summed E-state index contributed by atoms with van der Waals surface area (Å²) in [5.74, 6) is 1.50. The van der Waals surface area contributed by atoms with Crippen LogP contribution in [0.5, 0.6) is 0 Å². The Balaban J connectivity index is 2.67. The van der Waals surface area contributed by atoms with Gasteiger partial charge in [0.2, 0.25) is 5.88 Å². The van der Waals surface area contributed by atoms with Crippen molar-refractivity contribution in [2.75, 3.05) is 6.54 Å². The highest BCUT2D eigenvalue weighted by Crippen LogP contribution is 2.12. The zero-order valence-corrected chi connectivity index (χ0v) is 5.72. The first-order chi connectivity index (χ1) is 4.25. The Kier molecular flexibility index (Phi) is 1.42. The lowest BCUT2D eigenvalue weighted by Crippen LogP contribution is -2.22. The molecule has 1 heterocycles. The van der Waals surface area contributed by atoms with E-state index in [4.69, 9.17) is 4.84 Å². The molecule has 1 rings (SSSR count). The molecule has 0 aromatic heterocycles. The highest BCUT2D eigenvalue weighted by atomic mass is 16.7. The van der Waals surface area contributed by atoms with E-state index in [2.05, 4.69) is 11.7 Å². The van der Waals surface area contributed by atoms with E-state index in [1.54, 1.807) is 0 Å². The molecule has 50 valence electrons. The fourth-order valence-corrected chi connectivity index (χ4v) is 0.803. The van der Waals surface area contributed by atoms with Crippen LogP contribution in [0.15, 0.2) is 17.6 Å². The Hall–Kier alpha value is -0.990. The van der Waals surface area contributed by atoms with Gasteiger partial charge in [0.1, 0.15) is 5.84 Å². The van der Waals surface area contributed by atoms with Gasteiger partial charge in [-0.3, -0.25) is 4.90 Å². The summed E-state index contributed by atoms with van der Waals surface area (Å²) in [6, 6.07) is 0. The zero-order chi connectivity index (χ0) is 6.85. The van der Waals surface area contributed by atoms with Gasteiger partial charge in [0.05, 0.1) is 0 Å². The van der Waals surface area contributed by atoms with Gasteiger partial charge in [-0.25, -0.2) is 0 Å². The van der Waals surface area contributed by atoms with E-state index in [1.807, 2.05) is 18.7 Å². The van der Waals surface area contributed by atoms with Crippen molar-refractivity contribution in [2.45, 2.75) is 13.8 Å². The summed E-state index contributed by atoms with van der Waals surface area (Å²) in [6.07, 6.45) is 0. The summed E-state index contributed by atoms with van der Waals surface area (Å²) in [7, 11) is 0. The molecule has 1 aliphatic rings.